The normalized spacial score (nSPS) is 13.5. The van der Waals surface area contributed by atoms with Gasteiger partial charge in [0.2, 0.25) is 0 Å². The summed E-state index contributed by atoms with van der Waals surface area (Å²) in [6, 6.07) is 0. The Hall–Kier alpha value is -2.92. The first-order chi connectivity index (χ1) is 22.4. The molecule has 0 heterocycles. The molecule has 0 aromatic carbocycles. The summed E-state index contributed by atoms with van der Waals surface area (Å²) in [5.74, 6) is -0.374. The number of hydrogen-bond acceptors (Lipinski definition) is 8. The quantitative estimate of drug-likeness (QED) is 0.0822. The molecule has 12 nitrogen and oxygen atoms in total. The maximum Gasteiger partial charge on any atom is 0.411 e. The van der Waals surface area contributed by atoms with Crippen molar-refractivity contribution < 1.29 is 38.1 Å². The highest BCUT2D eigenvalue weighted by molar-refractivity contribution is 5.72. The summed E-state index contributed by atoms with van der Waals surface area (Å²) < 4.78 is 22.7. The number of carbonyl (C=O) groups is 4. The van der Waals surface area contributed by atoms with Crippen molar-refractivity contribution in [3.05, 3.63) is 0 Å². The fourth-order valence-corrected chi connectivity index (χ4v) is 4.85. The number of carbonyl (C=O) groups excluding carboxylic acids is 4. The van der Waals surface area contributed by atoms with Crippen LogP contribution in [0.1, 0.15) is 155 Å². The number of ether oxygens (including phenoxy) is 4. The standard InChI is InChI=1S/C37H72N4O8/c1-15-17-19-20-23-28(27-40(32(44)48-36(9,10)11)25-22-21-24-38-30(42)46-34(3,4)5)29(39-31(43)47-35(6,7)8)41(26-18-16-2)33(45)49-37(12,13)14/h28-29H,15-27H2,1-14H3,(H,38,42)(H,39,43). The lowest BCUT2D eigenvalue weighted by molar-refractivity contribution is -0.00841. The Balaban J connectivity index is 6.62. The van der Waals surface area contributed by atoms with E-state index < -0.39 is 52.9 Å². The van der Waals surface area contributed by atoms with Crippen molar-refractivity contribution in [1.29, 1.82) is 0 Å². The molecule has 49 heavy (non-hydrogen) atoms. The Labute approximate surface area is 298 Å². The van der Waals surface area contributed by atoms with Gasteiger partial charge in [0.15, 0.2) is 0 Å². The van der Waals surface area contributed by atoms with Crippen LogP contribution in [-0.2, 0) is 18.9 Å². The van der Waals surface area contributed by atoms with Gasteiger partial charge in [0.05, 0.1) is 0 Å². The Kier molecular flexibility index (Phi) is 20.1. The Bertz CT molecular complexity index is 992. The molecule has 0 saturated carbocycles. The van der Waals surface area contributed by atoms with Gasteiger partial charge in [0, 0.05) is 32.1 Å². The van der Waals surface area contributed by atoms with Crippen molar-refractivity contribution >= 4 is 24.4 Å². The zero-order valence-electron chi connectivity index (χ0n) is 33.5. The second-order valence-corrected chi connectivity index (χ2v) is 16.8. The van der Waals surface area contributed by atoms with Crippen molar-refractivity contribution in [2.75, 3.05) is 26.2 Å². The van der Waals surface area contributed by atoms with E-state index in [-0.39, 0.29) is 12.5 Å². The van der Waals surface area contributed by atoms with Crippen LogP contribution in [0, 0.1) is 5.92 Å². The highest BCUT2D eigenvalue weighted by Gasteiger charge is 2.37. The molecule has 4 amide bonds. The van der Waals surface area contributed by atoms with Crippen molar-refractivity contribution in [2.24, 2.45) is 5.92 Å². The zero-order chi connectivity index (χ0) is 38.1. The van der Waals surface area contributed by atoms with Gasteiger partial charge in [-0.3, -0.25) is 4.90 Å². The van der Waals surface area contributed by atoms with Crippen LogP contribution in [-0.4, -0.2) is 88.9 Å². The fraction of sp³-hybridized carbons (Fsp3) is 0.892. The molecule has 2 N–H and O–H groups in total. The van der Waals surface area contributed by atoms with Crippen LogP contribution in [0.5, 0.6) is 0 Å². The summed E-state index contributed by atoms with van der Waals surface area (Å²) in [5, 5.41) is 5.78. The highest BCUT2D eigenvalue weighted by atomic mass is 16.6. The minimum absolute atomic E-state index is 0.215. The lowest BCUT2D eigenvalue weighted by Gasteiger charge is -2.40. The Morgan fingerprint density at radius 3 is 1.59 bits per heavy atom. The molecular weight excluding hydrogens is 628 g/mol. The van der Waals surface area contributed by atoms with Gasteiger partial charge in [-0.05, 0) is 109 Å². The number of amides is 4. The van der Waals surface area contributed by atoms with E-state index in [0.717, 1.165) is 32.1 Å². The van der Waals surface area contributed by atoms with Crippen LogP contribution in [0.15, 0.2) is 0 Å². The third-order valence-corrected chi connectivity index (χ3v) is 6.89. The minimum Gasteiger partial charge on any atom is -0.444 e. The van der Waals surface area contributed by atoms with E-state index in [9.17, 15) is 19.2 Å². The molecule has 0 radical (unpaired) electrons. The second-order valence-electron chi connectivity index (χ2n) is 16.8. The second kappa shape index (κ2) is 21.3. The van der Waals surface area contributed by atoms with Gasteiger partial charge in [0.25, 0.3) is 0 Å². The topological polar surface area (TPSA) is 136 Å². The lowest BCUT2D eigenvalue weighted by Crippen LogP contribution is -2.58. The van der Waals surface area contributed by atoms with Gasteiger partial charge in [-0.2, -0.15) is 0 Å². The van der Waals surface area contributed by atoms with Crippen LogP contribution in [0.3, 0.4) is 0 Å². The van der Waals surface area contributed by atoms with Gasteiger partial charge in [-0.15, -0.1) is 0 Å². The number of nitrogens with one attached hydrogen (secondary N) is 2. The zero-order valence-corrected chi connectivity index (χ0v) is 33.5. The molecule has 288 valence electrons. The Morgan fingerprint density at radius 1 is 0.571 bits per heavy atom. The SMILES string of the molecule is CCCCCCC(CN(CCCCNC(=O)OC(C)(C)C)C(=O)OC(C)(C)C)C(NC(=O)OC(C)(C)C)N(CCCC)C(=O)OC(C)(C)C. The monoisotopic (exact) mass is 701 g/mol. The van der Waals surface area contributed by atoms with E-state index in [1.54, 1.807) is 51.3 Å². The van der Waals surface area contributed by atoms with Crippen LogP contribution >= 0.6 is 0 Å². The molecule has 0 fully saturated rings. The van der Waals surface area contributed by atoms with E-state index in [1.165, 1.54) is 0 Å². The number of unbranched alkanes of at least 4 members (excludes halogenated alkanes) is 5. The first-order valence-electron chi connectivity index (χ1n) is 18.3. The molecular formula is C37H72N4O8. The molecule has 0 bridgehead atoms. The first-order valence-corrected chi connectivity index (χ1v) is 18.3. The number of rotatable bonds is 18. The van der Waals surface area contributed by atoms with E-state index in [0.29, 0.717) is 45.3 Å². The van der Waals surface area contributed by atoms with Gasteiger partial charge in [-0.1, -0.05) is 46.0 Å². The van der Waals surface area contributed by atoms with Crippen LogP contribution < -0.4 is 10.6 Å². The van der Waals surface area contributed by atoms with Crippen LogP contribution in [0.2, 0.25) is 0 Å². The van der Waals surface area contributed by atoms with E-state index in [1.807, 2.05) is 48.5 Å². The fourth-order valence-electron chi connectivity index (χ4n) is 4.85. The number of nitrogens with zero attached hydrogens (tertiary/aromatic N) is 2. The largest absolute Gasteiger partial charge is 0.444 e. The molecule has 0 spiro atoms. The molecule has 12 heteroatoms. The maximum absolute atomic E-state index is 13.8. The Morgan fingerprint density at radius 2 is 1.08 bits per heavy atom. The van der Waals surface area contributed by atoms with Crippen LogP contribution in [0.25, 0.3) is 0 Å². The van der Waals surface area contributed by atoms with E-state index >= 15 is 0 Å². The molecule has 2 atom stereocenters. The summed E-state index contributed by atoms with van der Waals surface area (Å²) >= 11 is 0. The molecule has 2 unspecified atom stereocenters. The number of hydrogen-bond donors (Lipinski definition) is 2. The predicted molar refractivity (Wildman–Crippen MR) is 195 cm³/mol. The molecule has 0 aromatic heterocycles. The summed E-state index contributed by atoms with van der Waals surface area (Å²) in [6.07, 6.45) is 4.21. The summed E-state index contributed by atoms with van der Waals surface area (Å²) in [6.45, 7) is 27.1. The predicted octanol–water partition coefficient (Wildman–Crippen LogP) is 9.00. The van der Waals surface area contributed by atoms with Crippen molar-refractivity contribution in [1.82, 2.24) is 20.4 Å². The van der Waals surface area contributed by atoms with E-state index in [4.69, 9.17) is 18.9 Å². The molecule has 0 aliphatic heterocycles. The van der Waals surface area contributed by atoms with E-state index in [2.05, 4.69) is 17.6 Å². The van der Waals surface area contributed by atoms with Gasteiger partial charge < -0.3 is 34.5 Å². The lowest BCUT2D eigenvalue weighted by atomic mass is 9.95. The molecule has 0 rings (SSSR count). The molecule has 0 aliphatic carbocycles. The molecule has 0 aromatic rings. The summed E-state index contributed by atoms with van der Waals surface area (Å²) in [7, 11) is 0. The van der Waals surface area contributed by atoms with Crippen LogP contribution in [0.4, 0.5) is 19.2 Å². The summed E-state index contributed by atoms with van der Waals surface area (Å²) in [4.78, 5) is 56.2. The van der Waals surface area contributed by atoms with Crippen molar-refractivity contribution in [2.45, 2.75) is 183 Å². The highest BCUT2D eigenvalue weighted by Crippen LogP contribution is 2.24. The molecule has 0 aliphatic rings. The third-order valence-electron chi connectivity index (χ3n) is 6.89. The van der Waals surface area contributed by atoms with Gasteiger partial charge in [-0.25, -0.2) is 19.2 Å². The average Bonchev–Trinajstić information content (AvgIpc) is 2.89. The maximum atomic E-state index is 13.8. The van der Waals surface area contributed by atoms with Crippen molar-refractivity contribution in [3.63, 3.8) is 0 Å². The summed E-state index contributed by atoms with van der Waals surface area (Å²) in [5.41, 5.74) is -2.86. The number of alkyl carbamates (subject to hydrolysis) is 2. The molecule has 0 saturated heterocycles. The van der Waals surface area contributed by atoms with Gasteiger partial charge >= 0.3 is 24.4 Å². The third kappa shape index (κ3) is 24.0. The van der Waals surface area contributed by atoms with Crippen molar-refractivity contribution in [3.8, 4) is 0 Å². The minimum atomic E-state index is -0.823. The first kappa shape index (κ1) is 46.1. The smallest absolute Gasteiger partial charge is 0.411 e. The van der Waals surface area contributed by atoms with Gasteiger partial charge in [0.1, 0.15) is 28.6 Å². The average molecular weight is 701 g/mol.